The van der Waals surface area contributed by atoms with Gasteiger partial charge in [0.1, 0.15) is 4.83 Å². The zero-order valence-electron chi connectivity index (χ0n) is 18.9. The molecule has 5 rings (SSSR count). The molecule has 3 aromatic rings. The largest absolute Gasteiger partial charge is 0.378 e. The number of thiophene rings is 1. The third-order valence-electron chi connectivity index (χ3n) is 6.75. The molecule has 32 heavy (non-hydrogen) atoms. The highest BCUT2D eigenvalue weighted by atomic mass is 32.1. The van der Waals surface area contributed by atoms with E-state index in [2.05, 4.69) is 27.6 Å². The maximum atomic E-state index is 13.7. The van der Waals surface area contributed by atoms with Crippen molar-refractivity contribution in [2.24, 2.45) is 5.10 Å². The van der Waals surface area contributed by atoms with E-state index in [0.29, 0.717) is 5.95 Å². The maximum Gasteiger partial charge on any atom is 0.264 e. The van der Waals surface area contributed by atoms with Crippen LogP contribution in [0.25, 0.3) is 10.2 Å². The minimum atomic E-state index is 0.120. The van der Waals surface area contributed by atoms with Crippen molar-refractivity contribution in [2.45, 2.75) is 63.8 Å². The number of nitrogens with one attached hydrogen (secondary N) is 1. The fraction of sp³-hybridized carbons (Fsp3) is 0.480. The van der Waals surface area contributed by atoms with Gasteiger partial charge >= 0.3 is 0 Å². The van der Waals surface area contributed by atoms with Crippen LogP contribution in [-0.4, -0.2) is 29.9 Å². The second-order valence-corrected chi connectivity index (χ2v) is 10.2. The van der Waals surface area contributed by atoms with Crippen LogP contribution >= 0.6 is 11.3 Å². The number of hydrogen-bond acceptors (Lipinski definition) is 6. The fourth-order valence-electron chi connectivity index (χ4n) is 5.00. The van der Waals surface area contributed by atoms with Crippen LogP contribution in [0.4, 0.5) is 11.6 Å². The summed E-state index contributed by atoms with van der Waals surface area (Å²) in [5.41, 5.74) is 6.66. The van der Waals surface area contributed by atoms with Crippen LogP contribution in [0.15, 0.2) is 34.2 Å². The molecule has 1 fully saturated rings. The van der Waals surface area contributed by atoms with E-state index in [4.69, 9.17) is 4.98 Å². The summed E-state index contributed by atoms with van der Waals surface area (Å²) < 4.78 is 1.91. The average molecular weight is 450 g/mol. The first-order chi connectivity index (χ1) is 15.6. The maximum absolute atomic E-state index is 13.7. The summed E-state index contributed by atoms with van der Waals surface area (Å²) in [6.07, 6.45) is 11.9. The van der Waals surface area contributed by atoms with Crippen LogP contribution in [0, 0.1) is 0 Å². The summed E-state index contributed by atoms with van der Waals surface area (Å²) in [6.45, 7) is 0. The molecule has 0 unspecified atom stereocenters. The van der Waals surface area contributed by atoms with E-state index in [1.807, 2.05) is 30.8 Å². The summed E-state index contributed by atoms with van der Waals surface area (Å²) in [5, 5.41) is 5.33. The van der Waals surface area contributed by atoms with E-state index < -0.39 is 0 Å². The minimum absolute atomic E-state index is 0.120. The van der Waals surface area contributed by atoms with Crippen LogP contribution in [0.5, 0.6) is 0 Å². The highest BCUT2D eigenvalue weighted by Crippen LogP contribution is 2.36. The molecule has 0 bridgehead atoms. The number of fused-ring (bicyclic) bond motifs is 3. The Morgan fingerprint density at radius 3 is 2.59 bits per heavy atom. The molecule has 0 spiro atoms. The van der Waals surface area contributed by atoms with Gasteiger partial charge in [-0.15, -0.1) is 11.3 Å². The second kappa shape index (κ2) is 9.06. The molecule has 0 atom stereocenters. The Balaban J connectivity index is 1.51. The van der Waals surface area contributed by atoms with Gasteiger partial charge in [0.05, 0.1) is 11.6 Å². The highest BCUT2D eigenvalue weighted by molar-refractivity contribution is 7.18. The monoisotopic (exact) mass is 449 g/mol. The molecule has 2 heterocycles. The summed E-state index contributed by atoms with van der Waals surface area (Å²) in [6, 6.07) is 8.42. The van der Waals surface area contributed by atoms with E-state index >= 15 is 0 Å². The number of hydrogen-bond donors (Lipinski definition) is 1. The molecule has 1 aromatic carbocycles. The number of aryl methyl sites for hydroxylation is 2. The molecule has 168 valence electrons. The molecule has 0 amide bonds. The number of nitrogens with zero attached hydrogens (tertiary/aromatic N) is 4. The molecule has 0 aliphatic heterocycles. The van der Waals surface area contributed by atoms with E-state index in [-0.39, 0.29) is 11.6 Å². The molecule has 0 radical (unpaired) electrons. The zero-order chi connectivity index (χ0) is 22.1. The Morgan fingerprint density at radius 2 is 1.84 bits per heavy atom. The van der Waals surface area contributed by atoms with Gasteiger partial charge in [0.2, 0.25) is 5.95 Å². The van der Waals surface area contributed by atoms with Crippen molar-refractivity contribution in [3.63, 3.8) is 0 Å². The number of hydrazone groups is 1. The van der Waals surface area contributed by atoms with Crippen molar-refractivity contribution in [1.29, 1.82) is 0 Å². The van der Waals surface area contributed by atoms with Crippen molar-refractivity contribution < 1.29 is 0 Å². The van der Waals surface area contributed by atoms with Crippen LogP contribution in [0.2, 0.25) is 0 Å². The van der Waals surface area contributed by atoms with Gasteiger partial charge in [0, 0.05) is 30.7 Å². The van der Waals surface area contributed by atoms with Crippen molar-refractivity contribution in [3.05, 3.63) is 50.6 Å². The van der Waals surface area contributed by atoms with Gasteiger partial charge in [-0.2, -0.15) is 5.10 Å². The first-order valence-corrected chi connectivity index (χ1v) is 12.6. The summed E-state index contributed by atoms with van der Waals surface area (Å²) in [5.74, 6) is 0.578. The molecule has 2 aliphatic rings. The van der Waals surface area contributed by atoms with Crippen LogP contribution in [0.3, 0.4) is 0 Å². The number of benzene rings is 1. The lowest BCUT2D eigenvalue weighted by molar-refractivity contribution is 0.348. The number of anilines is 2. The van der Waals surface area contributed by atoms with Gasteiger partial charge in [-0.3, -0.25) is 9.36 Å². The minimum Gasteiger partial charge on any atom is -0.378 e. The zero-order valence-corrected chi connectivity index (χ0v) is 19.7. The third kappa shape index (κ3) is 4.06. The van der Waals surface area contributed by atoms with E-state index in [1.54, 1.807) is 17.6 Å². The predicted octanol–water partition coefficient (Wildman–Crippen LogP) is 5.35. The first kappa shape index (κ1) is 21.2. The predicted molar refractivity (Wildman–Crippen MR) is 135 cm³/mol. The molecular formula is C25H31N5OS. The molecule has 2 aromatic heterocycles. The Labute approximate surface area is 193 Å². The Kier molecular flexibility index (Phi) is 6.00. The van der Waals surface area contributed by atoms with Crippen LogP contribution in [-0.2, 0) is 12.8 Å². The first-order valence-electron chi connectivity index (χ1n) is 11.7. The Hall–Kier alpha value is -2.67. The summed E-state index contributed by atoms with van der Waals surface area (Å²) in [4.78, 5) is 23.0. The fourth-order valence-corrected chi connectivity index (χ4v) is 6.25. The average Bonchev–Trinajstić information content (AvgIpc) is 3.19. The molecule has 7 heteroatoms. The van der Waals surface area contributed by atoms with E-state index in [9.17, 15) is 4.79 Å². The second-order valence-electron chi connectivity index (χ2n) is 9.15. The molecule has 6 nitrogen and oxygen atoms in total. The van der Waals surface area contributed by atoms with Gasteiger partial charge < -0.3 is 4.90 Å². The van der Waals surface area contributed by atoms with Gasteiger partial charge in [0.15, 0.2) is 0 Å². The van der Waals surface area contributed by atoms with E-state index in [1.165, 1.54) is 29.7 Å². The lowest BCUT2D eigenvalue weighted by atomic mass is 9.94. The molecule has 1 saturated carbocycles. The standard InChI is InChI=1S/C25H31N5OS/c1-29(2)18-14-12-17(13-15-18)16-26-28-25-27-23-22(20-10-6-7-11-21(20)32-23)24(31)30(25)19-8-4-3-5-9-19/h12-16,19H,3-11H2,1-2H3,(H,27,28)/b26-16-. The van der Waals surface area contributed by atoms with E-state index in [0.717, 1.165) is 60.0 Å². The Bertz CT molecular complexity index is 1190. The van der Waals surface area contributed by atoms with Gasteiger partial charge in [-0.05, 0) is 61.8 Å². The molecular weight excluding hydrogens is 418 g/mol. The quantitative estimate of drug-likeness (QED) is 0.421. The summed E-state index contributed by atoms with van der Waals surface area (Å²) >= 11 is 1.70. The van der Waals surface area contributed by atoms with Crippen molar-refractivity contribution >= 4 is 39.4 Å². The molecule has 2 aliphatic carbocycles. The van der Waals surface area contributed by atoms with Crippen LogP contribution in [0.1, 0.15) is 67.0 Å². The van der Waals surface area contributed by atoms with Gasteiger partial charge in [-0.25, -0.2) is 10.4 Å². The molecule has 1 N–H and O–H groups in total. The third-order valence-corrected chi connectivity index (χ3v) is 7.93. The lowest BCUT2D eigenvalue weighted by Gasteiger charge is -2.25. The van der Waals surface area contributed by atoms with Crippen molar-refractivity contribution in [3.8, 4) is 0 Å². The van der Waals surface area contributed by atoms with Crippen molar-refractivity contribution in [1.82, 2.24) is 9.55 Å². The van der Waals surface area contributed by atoms with Crippen LogP contribution < -0.4 is 15.9 Å². The van der Waals surface area contributed by atoms with Gasteiger partial charge in [0.25, 0.3) is 5.56 Å². The topological polar surface area (TPSA) is 62.5 Å². The summed E-state index contributed by atoms with van der Waals surface area (Å²) in [7, 11) is 4.05. The number of aromatic nitrogens is 2. The Morgan fingerprint density at radius 1 is 1.09 bits per heavy atom. The number of rotatable bonds is 5. The van der Waals surface area contributed by atoms with Crippen molar-refractivity contribution in [2.75, 3.05) is 24.4 Å². The molecule has 0 saturated heterocycles. The normalized spacial score (nSPS) is 17.1. The smallest absolute Gasteiger partial charge is 0.264 e. The highest BCUT2D eigenvalue weighted by Gasteiger charge is 2.26. The van der Waals surface area contributed by atoms with Gasteiger partial charge in [-0.1, -0.05) is 31.4 Å². The lowest BCUT2D eigenvalue weighted by Crippen LogP contribution is -2.29. The SMILES string of the molecule is CN(C)c1ccc(/C=N\Nc2nc3sc4c(c3c(=O)n2C2CCCCC2)CCCC4)cc1.